The van der Waals surface area contributed by atoms with Gasteiger partial charge in [0, 0.05) is 19.8 Å². The lowest BCUT2D eigenvalue weighted by Crippen LogP contribution is -2.43. The van der Waals surface area contributed by atoms with Gasteiger partial charge in [0.2, 0.25) is 5.78 Å². The number of carbonyl (C=O) groups is 2. The van der Waals surface area contributed by atoms with Crippen LogP contribution in [-0.4, -0.2) is 32.5 Å². The fourth-order valence-electron chi connectivity index (χ4n) is 3.13. The maximum absolute atomic E-state index is 12.8. The Morgan fingerprint density at radius 3 is 2.52 bits per heavy atom. The largest absolute Gasteiger partial charge is 0.455 e. The van der Waals surface area contributed by atoms with Crippen LogP contribution in [0.25, 0.3) is 0 Å². The number of nitrogens with two attached hydrogens (primary N) is 1. The molecule has 0 radical (unpaired) electrons. The predicted octanol–water partition coefficient (Wildman–Crippen LogP) is 2.01. The zero-order valence-electron chi connectivity index (χ0n) is 18.5. The molecule has 0 fully saturated rings. The molecule has 0 aliphatic carbocycles. The molecule has 0 saturated carbocycles. The molecule has 0 atom stereocenters. The number of benzene rings is 1. The number of hydrogen-bond donors (Lipinski definition) is 1. The van der Waals surface area contributed by atoms with E-state index in [2.05, 4.69) is 4.98 Å². The summed E-state index contributed by atoms with van der Waals surface area (Å²) in [5.41, 5.74) is 4.21. The Kier molecular flexibility index (Phi) is 7.07. The first-order chi connectivity index (χ1) is 15.7. The van der Waals surface area contributed by atoms with Crippen molar-refractivity contribution in [3.63, 3.8) is 0 Å². The first-order valence-electron chi connectivity index (χ1n) is 10.2. The van der Waals surface area contributed by atoms with Gasteiger partial charge in [-0.1, -0.05) is 26.0 Å². The zero-order valence-corrected chi connectivity index (χ0v) is 18.5. The van der Waals surface area contributed by atoms with Crippen molar-refractivity contribution in [1.82, 2.24) is 14.1 Å². The molecule has 172 valence electrons. The number of rotatable bonds is 8. The molecule has 0 aliphatic rings. The molecule has 0 bridgehead atoms. The van der Waals surface area contributed by atoms with E-state index >= 15 is 0 Å². The summed E-state index contributed by atoms with van der Waals surface area (Å²) in [6, 6.07) is 9.69. The van der Waals surface area contributed by atoms with Crippen LogP contribution in [-0.2, 0) is 18.3 Å². The van der Waals surface area contributed by atoms with E-state index in [0.29, 0.717) is 5.75 Å². The molecule has 1 aromatic carbocycles. The second-order valence-corrected chi connectivity index (χ2v) is 7.70. The van der Waals surface area contributed by atoms with Crippen LogP contribution >= 0.6 is 0 Å². The summed E-state index contributed by atoms with van der Waals surface area (Å²) in [6.07, 6.45) is 3.06. The summed E-state index contributed by atoms with van der Waals surface area (Å²) in [4.78, 5) is 54.3. The van der Waals surface area contributed by atoms with Gasteiger partial charge in [-0.2, -0.15) is 0 Å². The van der Waals surface area contributed by atoms with Crippen LogP contribution in [0.4, 0.5) is 5.82 Å². The molecule has 0 amide bonds. The Balaban J connectivity index is 1.83. The summed E-state index contributed by atoms with van der Waals surface area (Å²) < 4.78 is 12.8. The monoisotopic (exact) mass is 452 g/mol. The molecule has 2 heterocycles. The van der Waals surface area contributed by atoms with Gasteiger partial charge in [0.05, 0.1) is 6.20 Å². The Hall–Kier alpha value is -4.21. The highest BCUT2D eigenvalue weighted by molar-refractivity contribution is 6.02. The lowest BCUT2D eigenvalue weighted by molar-refractivity contribution is 0.0471. The van der Waals surface area contributed by atoms with E-state index in [9.17, 15) is 19.2 Å². The van der Waals surface area contributed by atoms with Gasteiger partial charge in [-0.05, 0) is 30.2 Å². The average molecular weight is 452 g/mol. The number of carbonyl (C=O) groups excluding carboxylic acids is 2. The van der Waals surface area contributed by atoms with Crippen molar-refractivity contribution in [2.24, 2.45) is 13.0 Å². The number of ketones is 1. The second-order valence-electron chi connectivity index (χ2n) is 7.70. The van der Waals surface area contributed by atoms with Crippen LogP contribution in [0, 0.1) is 5.92 Å². The number of anilines is 1. The maximum atomic E-state index is 12.8. The summed E-state index contributed by atoms with van der Waals surface area (Å²) >= 11 is 0. The Labute approximate surface area is 189 Å². The number of nitrogen functional groups attached to an aromatic ring is 1. The van der Waals surface area contributed by atoms with Gasteiger partial charge in [0.15, 0.2) is 6.61 Å². The summed E-state index contributed by atoms with van der Waals surface area (Å²) in [6.45, 7) is 3.22. The Morgan fingerprint density at radius 1 is 1.12 bits per heavy atom. The lowest BCUT2D eigenvalue weighted by Gasteiger charge is -2.16. The molecule has 0 spiro atoms. The molecule has 0 aliphatic heterocycles. The van der Waals surface area contributed by atoms with Gasteiger partial charge >= 0.3 is 11.7 Å². The highest BCUT2D eigenvalue weighted by Gasteiger charge is 2.24. The fourth-order valence-corrected chi connectivity index (χ4v) is 3.13. The number of Topliss-reactive ketones (excluding diaryl/α,β-unsaturated/α-hetero) is 1. The predicted molar refractivity (Wildman–Crippen MR) is 121 cm³/mol. The molecular formula is C23H24N4O6. The van der Waals surface area contributed by atoms with Crippen molar-refractivity contribution < 1.29 is 19.1 Å². The second kappa shape index (κ2) is 9.94. The number of esters is 1. The van der Waals surface area contributed by atoms with Gasteiger partial charge in [-0.3, -0.25) is 23.7 Å². The zero-order chi connectivity index (χ0) is 24.1. The van der Waals surface area contributed by atoms with Crippen molar-refractivity contribution in [1.29, 1.82) is 0 Å². The average Bonchev–Trinajstić information content (AvgIpc) is 2.80. The topological polar surface area (TPSA) is 136 Å². The van der Waals surface area contributed by atoms with E-state index in [4.69, 9.17) is 15.2 Å². The third-order valence-electron chi connectivity index (χ3n) is 4.71. The van der Waals surface area contributed by atoms with Crippen LogP contribution in [0.1, 0.15) is 34.6 Å². The van der Waals surface area contributed by atoms with Gasteiger partial charge in [-0.15, -0.1) is 0 Å². The Bertz CT molecular complexity index is 1290. The van der Waals surface area contributed by atoms with Crippen LogP contribution in [0.3, 0.4) is 0 Å². The molecule has 3 rings (SSSR count). The summed E-state index contributed by atoms with van der Waals surface area (Å²) in [5.74, 6) is -1.22. The normalized spacial score (nSPS) is 10.8. The van der Waals surface area contributed by atoms with Gasteiger partial charge in [-0.25, -0.2) is 9.59 Å². The highest BCUT2D eigenvalue weighted by Crippen LogP contribution is 2.25. The minimum Gasteiger partial charge on any atom is -0.455 e. The van der Waals surface area contributed by atoms with Crippen LogP contribution in [0.2, 0.25) is 0 Å². The molecule has 0 unspecified atom stereocenters. The smallest absolute Gasteiger partial charge is 0.342 e. The van der Waals surface area contributed by atoms with E-state index in [-0.39, 0.29) is 29.6 Å². The number of ether oxygens (including phenoxy) is 2. The van der Waals surface area contributed by atoms with Gasteiger partial charge < -0.3 is 15.2 Å². The molecular weight excluding hydrogens is 428 g/mol. The first-order valence-corrected chi connectivity index (χ1v) is 10.2. The summed E-state index contributed by atoms with van der Waals surface area (Å²) in [7, 11) is 1.26. The number of pyridine rings is 1. The first kappa shape index (κ1) is 23.5. The highest BCUT2D eigenvalue weighted by atomic mass is 16.5. The minimum absolute atomic E-state index is 0.0413. The molecule has 10 nitrogen and oxygen atoms in total. The molecule has 0 saturated heterocycles. The maximum Gasteiger partial charge on any atom is 0.342 e. The molecule has 2 aromatic heterocycles. The van der Waals surface area contributed by atoms with Crippen LogP contribution < -0.4 is 21.7 Å². The third-order valence-corrected chi connectivity index (χ3v) is 4.71. The quantitative estimate of drug-likeness (QED) is 0.405. The SMILES string of the molecule is CC(C)Cn1c(N)c(C(=O)COC(=O)c2ccccc2Oc2cccnc2)c(=O)n(C)c1=O. The third kappa shape index (κ3) is 5.17. The van der Waals surface area contributed by atoms with Gasteiger partial charge in [0.1, 0.15) is 28.4 Å². The molecule has 3 aromatic rings. The minimum atomic E-state index is -0.848. The van der Waals surface area contributed by atoms with Crippen molar-refractivity contribution in [2.75, 3.05) is 12.3 Å². The fraction of sp³-hybridized carbons (Fsp3) is 0.261. The van der Waals surface area contributed by atoms with Gasteiger partial charge in [0.25, 0.3) is 5.56 Å². The lowest BCUT2D eigenvalue weighted by atomic mass is 10.1. The number of nitrogens with zero attached hydrogens (tertiary/aromatic N) is 3. The standard InChI is InChI=1S/C23H24N4O6/c1-14(2)12-27-20(24)19(21(29)26(3)23(27)31)17(28)13-32-22(30)16-8-4-5-9-18(16)33-15-7-6-10-25-11-15/h4-11,14H,12-13,24H2,1-3H3. The van der Waals surface area contributed by atoms with E-state index < -0.39 is 35.2 Å². The molecule has 33 heavy (non-hydrogen) atoms. The summed E-state index contributed by atoms with van der Waals surface area (Å²) in [5, 5.41) is 0. The number of aromatic nitrogens is 3. The molecule has 2 N–H and O–H groups in total. The van der Waals surface area contributed by atoms with Crippen molar-refractivity contribution >= 4 is 17.6 Å². The van der Waals surface area contributed by atoms with E-state index in [1.54, 1.807) is 36.5 Å². The van der Waals surface area contributed by atoms with Crippen LogP contribution in [0.15, 0.2) is 58.4 Å². The van der Waals surface area contributed by atoms with E-state index in [1.807, 2.05) is 13.8 Å². The molecule has 10 heteroatoms. The number of hydrogen-bond acceptors (Lipinski definition) is 8. The van der Waals surface area contributed by atoms with Crippen molar-refractivity contribution in [3.05, 3.63) is 80.8 Å². The van der Waals surface area contributed by atoms with E-state index in [0.717, 1.165) is 9.13 Å². The number of para-hydroxylation sites is 1. The Morgan fingerprint density at radius 2 is 1.85 bits per heavy atom. The van der Waals surface area contributed by atoms with Crippen LogP contribution in [0.5, 0.6) is 11.5 Å². The van der Waals surface area contributed by atoms with Crippen molar-refractivity contribution in [2.45, 2.75) is 20.4 Å². The van der Waals surface area contributed by atoms with E-state index in [1.165, 1.54) is 19.3 Å². The van der Waals surface area contributed by atoms with Crippen molar-refractivity contribution in [3.8, 4) is 11.5 Å².